The van der Waals surface area contributed by atoms with Crippen LogP contribution in [0.4, 0.5) is 83.4 Å². The highest BCUT2D eigenvalue weighted by atomic mass is 127. The molecule has 7 aromatic rings. The van der Waals surface area contributed by atoms with Crippen molar-refractivity contribution >= 4 is 23.2 Å². The molecule has 7 aliphatic heterocycles. The molecule has 800 valence electrons. The van der Waals surface area contributed by atoms with Crippen molar-refractivity contribution in [1.82, 2.24) is 37.2 Å². The molecule has 0 aromatic heterocycles. The number of aliphatic hydroxyl groups excluding tert-OH is 2. The first-order valence-corrected chi connectivity index (χ1v) is 47.5. The van der Waals surface area contributed by atoms with E-state index in [2.05, 4.69) is 56.2 Å². The molecule has 2 aliphatic carbocycles. The lowest BCUT2D eigenvalue weighted by molar-refractivity contribution is -0.277. The molecule has 0 bridgehead atoms. The van der Waals surface area contributed by atoms with Crippen LogP contribution in [0, 0.1) is 23.3 Å². The van der Waals surface area contributed by atoms with Crippen molar-refractivity contribution in [1.29, 1.82) is 0 Å². The summed E-state index contributed by atoms with van der Waals surface area (Å²) in [6.07, 6.45) is 5.61. The molecule has 9 aliphatic rings. The number of rotatable bonds is 24. The van der Waals surface area contributed by atoms with Gasteiger partial charge in [-0.15, -0.1) is 39.5 Å². The van der Waals surface area contributed by atoms with Crippen molar-refractivity contribution in [3.05, 3.63) is 178 Å². The predicted molar refractivity (Wildman–Crippen MR) is 488 cm³/mol. The van der Waals surface area contributed by atoms with Crippen LogP contribution in [0.25, 0.3) is 0 Å². The number of nitrogens with one attached hydrogen (secondary N) is 7. The third-order valence-corrected chi connectivity index (χ3v) is 23.1. The molecule has 7 aromatic carbocycles. The van der Waals surface area contributed by atoms with Crippen LogP contribution in [0.15, 0.2) is 133 Å². The monoisotopic (exact) mass is 2310 g/mol. The zero-order chi connectivity index (χ0) is 101. The topological polar surface area (TPSA) is 245 Å². The Balaban J connectivity index is 0.000000247. The third-order valence-electron chi connectivity index (χ3n) is 22.4. The molecule has 0 spiro atoms. The SMILES string of the molecule is FC(F)(F)Oc1ccc(COC2CCNCC2)cc1.FC(F)(F)c1ccc(OC2CCNCC2)cc1Cl.FCOc1ccc(OC2CCNCC2)cc1.FCOc1ccc(OC2CCNCC2)cc1Cl.FCOc1ccc(OC2CCNCC2)cc1F.Fc1cc(OC(F)(F)F)ccc1OC1CCNCC1.Fc1cc(OC2CCNCC2)cc(F)c1OC(F)(F)F.OC1CCCCC1.OC1CCCCC1.[I-].[I-]. The van der Waals surface area contributed by atoms with E-state index in [9.17, 15) is 83.4 Å². The summed E-state index contributed by atoms with van der Waals surface area (Å²) in [4.78, 5) is 0. The molecule has 45 heteroatoms. The maximum Gasteiger partial charge on any atom is 0.573 e. The fourth-order valence-electron chi connectivity index (χ4n) is 15.3. The molecular weight excluding hydrogens is 2190 g/mol. The van der Waals surface area contributed by atoms with Gasteiger partial charge in [0.1, 0.15) is 88.4 Å². The van der Waals surface area contributed by atoms with Gasteiger partial charge >= 0.3 is 25.3 Å². The fraction of sp³-hybridized carbons (Fsp3) is 0.567. The van der Waals surface area contributed by atoms with E-state index >= 15 is 0 Å². The number of halogens is 23. The van der Waals surface area contributed by atoms with Crippen molar-refractivity contribution in [2.75, 3.05) is 112 Å². The van der Waals surface area contributed by atoms with Gasteiger partial charge in [-0.2, -0.15) is 13.2 Å². The highest BCUT2D eigenvalue weighted by Crippen LogP contribution is 2.39. The van der Waals surface area contributed by atoms with E-state index in [0.717, 1.165) is 211 Å². The molecule has 0 radical (unpaired) electrons. The lowest BCUT2D eigenvalue weighted by Gasteiger charge is -2.24. The summed E-state index contributed by atoms with van der Waals surface area (Å²) in [5, 5.41) is 40.3. The second kappa shape index (κ2) is 66.6. The van der Waals surface area contributed by atoms with Gasteiger partial charge in [-0.1, -0.05) is 73.9 Å². The Kier molecular flexibility index (Phi) is 57.8. The first kappa shape index (κ1) is 123. The van der Waals surface area contributed by atoms with Crippen LogP contribution in [0.2, 0.25) is 10.0 Å². The Morgan fingerprint density at radius 2 is 0.577 bits per heavy atom. The largest absolute Gasteiger partial charge is 1.00 e. The van der Waals surface area contributed by atoms with Crippen LogP contribution in [-0.2, 0) is 17.5 Å². The van der Waals surface area contributed by atoms with E-state index < -0.39 is 86.2 Å². The number of piperidine rings is 7. The Morgan fingerprint density at radius 3 is 0.937 bits per heavy atom. The maximum absolute atomic E-state index is 13.6. The molecular formula is C97H124Cl2F19I2N7O15-2. The minimum absolute atomic E-state index is 0. The smallest absolute Gasteiger partial charge is 0.573 e. The van der Waals surface area contributed by atoms with Gasteiger partial charge in [-0.25, -0.2) is 30.7 Å². The molecule has 16 rings (SSSR count). The quantitative estimate of drug-likeness (QED) is 0.0202. The van der Waals surface area contributed by atoms with Crippen LogP contribution in [0.1, 0.15) is 165 Å². The van der Waals surface area contributed by atoms with E-state index in [0.29, 0.717) is 84.5 Å². The highest BCUT2D eigenvalue weighted by Gasteiger charge is 2.37. The minimum Gasteiger partial charge on any atom is -1.00 e. The first-order valence-electron chi connectivity index (χ1n) is 46.7. The van der Waals surface area contributed by atoms with E-state index in [1.165, 1.54) is 74.9 Å². The van der Waals surface area contributed by atoms with Crippen molar-refractivity contribution < 1.29 is 203 Å². The van der Waals surface area contributed by atoms with Gasteiger partial charge in [0.05, 0.1) is 40.5 Å². The van der Waals surface area contributed by atoms with Crippen molar-refractivity contribution in [3.63, 3.8) is 0 Å². The molecule has 0 unspecified atom stereocenters. The number of benzene rings is 7. The molecule has 7 heterocycles. The zero-order valence-electron chi connectivity index (χ0n) is 78.0. The number of hydrogen-bond acceptors (Lipinski definition) is 22. The van der Waals surface area contributed by atoms with Crippen LogP contribution in [0.3, 0.4) is 0 Å². The lowest BCUT2D eigenvalue weighted by Crippen LogP contribution is -3.00. The highest BCUT2D eigenvalue weighted by molar-refractivity contribution is 6.32. The van der Waals surface area contributed by atoms with Gasteiger partial charge in [-0.05, 0) is 304 Å². The van der Waals surface area contributed by atoms with E-state index in [4.69, 9.17) is 76.0 Å². The molecule has 9 N–H and O–H groups in total. The number of hydrogen-bond donors (Lipinski definition) is 9. The summed E-state index contributed by atoms with van der Waals surface area (Å²) < 4.78 is 299. The number of ether oxygens (including phenoxy) is 13. The van der Waals surface area contributed by atoms with Gasteiger partial charge in [0.2, 0.25) is 26.3 Å². The molecule has 0 amide bonds. The summed E-state index contributed by atoms with van der Waals surface area (Å²) in [5.41, 5.74) is 0.00915. The molecule has 142 heavy (non-hydrogen) atoms. The summed E-state index contributed by atoms with van der Waals surface area (Å²) in [5.74, 6) is -3.71. The van der Waals surface area contributed by atoms with E-state index in [-0.39, 0.29) is 131 Å². The van der Waals surface area contributed by atoms with Gasteiger partial charge in [0.15, 0.2) is 34.8 Å². The summed E-state index contributed by atoms with van der Waals surface area (Å²) >= 11 is 11.6. The standard InChI is InChI=1S/C13H16F3NO2.C12H13ClF3NO.C12H15ClFNO2.C12H12F5NO2.C12H13F4NO2.C12H15F2NO2.C12H16FNO2.2C6H12O.2HI/c14-13(15,16)19-12-3-1-10(2-4-12)9-18-11-5-7-17-8-6-11;13-11-7-9(1-2-10(11)12(14,15)16)18-8-3-5-17-6-4-8;13-11-7-10(1-2-12(11)16-8-14)17-9-3-5-15-6-4-9;13-9-5-8(19-7-1-3-18-4-2-7)6-10(14)11(9)20-12(15,16)17;13-10-7-9(19-12(14,15)16)1-2-11(10)18-8-3-5-17-6-4-8;13-8-16-12-2-1-10(7-11(12)14)17-9-3-5-15-6-4-9;13-9-15-10-1-3-11(4-2-10)16-12-5-7-14-8-6-12;2*7-6-4-2-1-3-5-6;;/h1-4,11,17H,5-9H2;1-2,7-8,17H,3-6H2;1-2,7,9,15H,3-6,8H2;5-7,18H,1-4H2;1-2,7-8,17H,3-6H2;1-2,7,9,15H,3-6,8H2;1-4,12,14H,5-9H2;2*6-7H,1-5H2;2*1H/p-2. The average molecular weight is 2310 g/mol. The van der Waals surface area contributed by atoms with Crippen molar-refractivity contribution in [2.24, 2.45) is 0 Å². The van der Waals surface area contributed by atoms with Gasteiger partial charge in [0.25, 0.3) is 0 Å². The van der Waals surface area contributed by atoms with Crippen LogP contribution >= 0.6 is 23.2 Å². The lowest BCUT2D eigenvalue weighted by atomic mass is 9.98. The van der Waals surface area contributed by atoms with E-state index in [1.807, 2.05) is 12.1 Å². The predicted octanol–water partition coefficient (Wildman–Crippen LogP) is 16.0. The van der Waals surface area contributed by atoms with Crippen LogP contribution in [-0.4, -0.2) is 196 Å². The van der Waals surface area contributed by atoms with Gasteiger partial charge in [0, 0.05) is 30.3 Å². The van der Waals surface area contributed by atoms with Gasteiger partial charge in [-0.3, -0.25) is 0 Å². The Bertz CT molecular complexity index is 4470. The normalized spacial score (nSPS) is 17.7. The number of aliphatic hydroxyl groups is 2. The Labute approximate surface area is 858 Å². The second-order valence-corrected chi connectivity index (χ2v) is 34.2. The Hall–Kier alpha value is -7.55. The van der Waals surface area contributed by atoms with E-state index in [1.54, 1.807) is 48.5 Å². The average Bonchev–Trinajstić information content (AvgIpc) is 0.823. The van der Waals surface area contributed by atoms with Crippen LogP contribution in [0.5, 0.6) is 69.0 Å². The van der Waals surface area contributed by atoms with Crippen molar-refractivity contribution in [2.45, 2.75) is 241 Å². The molecule has 9 fully saturated rings. The van der Waals surface area contributed by atoms with Gasteiger partial charge < -0.3 is 157 Å². The van der Waals surface area contributed by atoms with Crippen LogP contribution < -0.4 is 142 Å². The summed E-state index contributed by atoms with van der Waals surface area (Å²) in [6, 6.07) is 29.8. The third kappa shape index (κ3) is 51.2. The fourth-order valence-corrected chi connectivity index (χ4v) is 15.8. The minimum atomic E-state index is -5.15. The summed E-state index contributed by atoms with van der Waals surface area (Å²) in [6.45, 7) is 10.1. The number of alkyl halides is 15. The molecule has 0 atom stereocenters. The molecule has 2 saturated carbocycles. The maximum atomic E-state index is 13.6. The molecule has 22 nitrogen and oxygen atoms in total. The molecule has 7 saturated heterocycles. The second-order valence-electron chi connectivity index (χ2n) is 33.4. The Morgan fingerprint density at radius 1 is 0.282 bits per heavy atom. The van der Waals surface area contributed by atoms with Crippen molar-refractivity contribution in [3.8, 4) is 69.0 Å². The first-order chi connectivity index (χ1) is 67.0. The zero-order valence-corrected chi connectivity index (χ0v) is 83.8. The summed E-state index contributed by atoms with van der Waals surface area (Å²) in [7, 11) is 0.